The van der Waals surface area contributed by atoms with Crippen LogP contribution in [0.5, 0.6) is 0 Å². The molecule has 9 aromatic carbocycles. The van der Waals surface area contributed by atoms with Gasteiger partial charge in [0.2, 0.25) is 0 Å². The molecule has 0 amide bonds. The Morgan fingerprint density at radius 1 is 0.463 bits per heavy atom. The Morgan fingerprint density at radius 3 is 1.73 bits per heavy atom. The van der Waals surface area contributed by atoms with Gasteiger partial charge in [-0.2, -0.15) is 0 Å². The van der Waals surface area contributed by atoms with Gasteiger partial charge in [0.15, 0.2) is 0 Å². The van der Waals surface area contributed by atoms with E-state index in [0.717, 1.165) is 0 Å². The van der Waals surface area contributed by atoms with Crippen molar-refractivity contribution in [3.05, 3.63) is 233 Å². The first-order valence-corrected chi connectivity index (χ1v) is 24.6. The summed E-state index contributed by atoms with van der Waals surface area (Å²) in [7, 11) is 0. The van der Waals surface area contributed by atoms with Gasteiger partial charge >= 0.3 is 0 Å². The second kappa shape index (κ2) is 14.1. The van der Waals surface area contributed by atoms with Gasteiger partial charge in [-0.1, -0.05) is 158 Å². The first-order chi connectivity index (χ1) is 32.8. The van der Waals surface area contributed by atoms with E-state index >= 15 is 0 Å². The third-order valence-corrected chi connectivity index (χ3v) is 16.6. The maximum atomic E-state index is 2.62. The predicted octanol–water partition coefficient (Wildman–Crippen LogP) is 15.0. The third kappa shape index (κ3) is 5.28. The molecular weight excluding hydrogens is 828 g/mol. The number of thiophene rings is 1. The Balaban J connectivity index is 1.10. The van der Waals surface area contributed by atoms with Crippen LogP contribution in [0.4, 0.5) is 34.1 Å². The highest BCUT2D eigenvalue weighted by atomic mass is 32.1. The van der Waals surface area contributed by atoms with Crippen LogP contribution in [0, 0.1) is 20.8 Å². The zero-order valence-corrected chi connectivity index (χ0v) is 39.2. The van der Waals surface area contributed by atoms with Gasteiger partial charge in [-0.05, 0) is 159 Å². The number of fused-ring (bicyclic) bond motifs is 16. The lowest BCUT2D eigenvalue weighted by Crippen LogP contribution is -2.60. The molecule has 318 valence electrons. The Hall–Kier alpha value is -7.40. The minimum Gasteiger partial charge on any atom is -0.311 e. The van der Waals surface area contributed by atoms with E-state index < -0.39 is 5.41 Å². The molecule has 0 fully saturated rings. The van der Waals surface area contributed by atoms with Crippen LogP contribution < -0.4 is 25.5 Å². The van der Waals surface area contributed by atoms with Crippen molar-refractivity contribution < 1.29 is 0 Å². The molecule has 2 nitrogen and oxygen atoms in total. The van der Waals surface area contributed by atoms with Crippen LogP contribution in [-0.4, -0.2) is 6.71 Å². The third-order valence-electron chi connectivity index (χ3n) is 15.4. The van der Waals surface area contributed by atoms with E-state index in [1.54, 1.807) is 0 Å². The van der Waals surface area contributed by atoms with Crippen molar-refractivity contribution in [1.82, 2.24) is 0 Å². The highest BCUT2D eigenvalue weighted by Gasteiger charge is 2.53. The summed E-state index contributed by atoms with van der Waals surface area (Å²) in [4.78, 5) is 5.16. The van der Waals surface area contributed by atoms with E-state index in [0.29, 0.717) is 5.92 Å². The summed E-state index contributed by atoms with van der Waals surface area (Å²) in [5.74, 6) is 0.411. The van der Waals surface area contributed by atoms with Crippen LogP contribution in [0.15, 0.2) is 188 Å². The number of rotatable bonds is 4. The van der Waals surface area contributed by atoms with Crippen LogP contribution in [0.1, 0.15) is 64.3 Å². The lowest BCUT2D eigenvalue weighted by molar-refractivity contribution is 0.785. The molecule has 67 heavy (non-hydrogen) atoms. The normalized spacial score (nSPS) is 14.2. The van der Waals surface area contributed by atoms with Crippen LogP contribution in [0.2, 0.25) is 0 Å². The van der Waals surface area contributed by atoms with E-state index in [-0.39, 0.29) is 6.71 Å². The standard InChI is InChI=1S/C63H47BN2S/c1-37(2)42-23-29-48-49-35-50-59(36-54(49)63(53(48)33-42)51-17-11-9-15-46(51)47-16-10-12-18-52(47)63)67-62-61(50)66(45-27-21-39(4)22-28-45)58-32-40(5)31-57-60(58)64(62)55-30-24-43(41-13-7-6-8-14-41)34-56(55)65(57)44-25-19-38(3)20-26-44/h6-37H,1-5H3. The summed E-state index contributed by atoms with van der Waals surface area (Å²) >= 11 is 2.00. The molecular formula is C63H47BN2S. The second-order valence-electron chi connectivity index (χ2n) is 19.6. The number of anilines is 6. The average Bonchev–Trinajstić information content (AvgIpc) is 3.97. The van der Waals surface area contributed by atoms with Crippen LogP contribution in [0.3, 0.4) is 0 Å². The molecule has 3 heterocycles. The largest absolute Gasteiger partial charge is 0.311 e. The van der Waals surface area contributed by atoms with E-state index in [9.17, 15) is 0 Å². The lowest BCUT2D eigenvalue weighted by Gasteiger charge is -2.43. The Bertz CT molecular complexity index is 3670. The maximum Gasteiger partial charge on any atom is 0.264 e. The number of hydrogen-bond donors (Lipinski definition) is 0. The SMILES string of the molecule is Cc1ccc(N2c3cc(-c4ccccc4)ccc3B3c4sc5cc6c(cc5c4N(c4ccc(C)cc4)c4cc(C)cc2c43)-c2ccc(C(C)C)cc2C62c3ccccc3-c3ccccc32)cc1. The van der Waals surface area contributed by atoms with Crippen LogP contribution in [-0.2, 0) is 5.41 Å². The van der Waals surface area contributed by atoms with Gasteiger partial charge in [-0.25, -0.2) is 0 Å². The van der Waals surface area contributed by atoms with Crippen molar-refractivity contribution in [2.24, 2.45) is 0 Å². The molecule has 14 rings (SSSR count). The molecule has 0 atom stereocenters. The summed E-state index contributed by atoms with van der Waals surface area (Å²) in [6.07, 6.45) is 0. The van der Waals surface area contributed by atoms with Gasteiger partial charge in [0.25, 0.3) is 6.71 Å². The summed E-state index contributed by atoms with van der Waals surface area (Å²) < 4.78 is 2.72. The second-order valence-corrected chi connectivity index (χ2v) is 20.7. The lowest BCUT2D eigenvalue weighted by atomic mass is 9.36. The molecule has 0 bridgehead atoms. The molecule has 4 aliphatic rings. The fourth-order valence-corrected chi connectivity index (χ4v) is 13.7. The molecule has 0 unspecified atom stereocenters. The van der Waals surface area contributed by atoms with E-state index in [4.69, 9.17) is 0 Å². The summed E-state index contributed by atoms with van der Waals surface area (Å²) in [5.41, 5.74) is 28.2. The van der Waals surface area contributed by atoms with E-state index in [1.165, 1.54) is 138 Å². The van der Waals surface area contributed by atoms with Crippen molar-refractivity contribution in [1.29, 1.82) is 0 Å². The van der Waals surface area contributed by atoms with Gasteiger partial charge in [0.05, 0.1) is 11.1 Å². The maximum absolute atomic E-state index is 2.62. The fourth-order valence-electron chi connectivity index (χ4n) is 12.4. The van der Waals surface area contributed by atoms with Gasteiger partial charge < -0.3 is 9.80 Å². The van der Waals surface area contributed by atoms with Gasteiger partial charge in [-0.15, -0.1) is 11.3 Å². The minimum atomic E-state index is -0.425. The summed E-state index contributed by atoms with van der Waals surface area (Å²) in [5, 5.41) is 1.31. The molecule has 2 aliphatic heterocycles. The Labute approximate surface area is 397 Å². The molecule has 0 radical (unpaired) electrons. The van der Waals surface area contributed by atoms with Crippen molar-refractivity contribution in [3.63, 3.8) is 0 Å². The van der Waals surface area contributed by atoms with Gasteiger partial charge in [-0.3, -0.25) is 0 Å². The smallest absolute Gasteiger partial charge is 0.264 e. The number of hydrogen-bond acceptors (Lipinski definition) is 3. The summed E-state index contributed by atoms with van der Waals surface area (Å²) in [6.45, 7) is 11.3. The number of nitrogens with zero attached hydrogens (tertiary/aromatic N) is 2. The Kier molecular flexibility index (Phi) is 8.15. The van der Waals surface area contributed by atoms with E-state index in [1.807, 2.05) is 11.3 Å². The monoisotopic (exact) mass is 874 g/mol. The molecule has 0 N–H and O–H groups in total. The fraction of sp³-hybridized carbons (Fsp3) is 0.111. The predicted molar refractivity (Wildman–Crippen MR) is 286 cm³/mol. The minimum absolute atomic E-state index is 0.0267. The average molecular weight is 875 g/mol. The molecule has 1 aromatic heterocycles. The van der Waals surface area contributed by atoms with Gasteiger partial charge in [0, 0.05) is 43.3 Å². The zero-order valence-electron chi connectivity index (χ0n) is 38.4. The van der Waals surface area contributed by atoms with E-state index in [2.05, 4.69) is 232 Å². The summed E-state index contributed by atoms with van der Waals surface area (Å²) in [6, 6.07) is 72.3. The first kappa shape index (κ1) is 38.8. The molecule has 4 heteroatoms. The molecule has 10 aromatic rings. The highest BCUT2D eigenvalue weighted by Crippen LogP contribution is 2.64. The number of benzene rings is 9. The van der Waals surface area contributed by atoms with Crippen molar-refractivity contribution in [3.8, 4) is 33.4 Å². The topological polar surface area (TPSA) is 6.48 Å². The number of aryl methyl sites for hydroxylation is 3. The molecule has 0 saturated heterocycles. The molecule has 0 saturated carbocycles. The van der Waals surface area contributed by atoms with Crippen molar-refractivity contribution >= 4 is 78.0 Å². The Morgan fingerprint density at radius 2 is 1.06 bits per heavy atom. The van der Waals surface area contributed by atoms with Crippen LogP contribution >= 0.6 is 11.3 Å². The molecule has 1 spiro atoms. The van der Waals surface area contributed by atoms with Crippen LogP contribution in [0.25, 0.3) is 43.5 Å². The van der Waals surface area contributed by atoms with Crippen molar-refractivity contribution in [2.75, 3.05) is 9.80 Å². The quantitative estimate of drug-likeness (QED) is 0.163. The van der Waals surface area contributed by atoms with Crippen molar-refractivity contribution in [2.45, 2.75) is 46.0 Å². The zero-order chi connectivity index (χ0) is 44.9. The molecule has 2 aliphatic carbocycles. The van der Waals surface area contributed by atoms with Gasteiger partial charge in [0.1, 0.15) is 0 Å². The first-order valence-electron chi connectivity index (χ1n) is 23.8. The highest BCUT2D eigenvalue weighted by molar-refractivity contribution is 7.33.